The molecule has 0 fully saturated rings. The number of esters is 4. The minimum atomic E-state index is -5.00. The van der Waals surface area contributed by atoms with Crippen molar-refractivity contribution in [1.29, 1.82) is 0 Å². The molecular weight excluding hydrogens is 1380 g/mol. The van der Waals surface area contributed by atoms with E-state index in [0.717, 1.165) is 193 Å². The lowest BCUT2D eigenvalue weighted by molar-refractivity contribution is -0.161. The number of unbranched alkanes of at least 4 members (excludes halogenated alkanes) is 23. The molecule has 106 heavy (non-hydrogen) atoms. The van der Waals surface area contributed by atoms with E-state index in [-0.39, 0.29) is 25.7 Å². The predicted octanol–water partition coefficient (Wildman–Crippen LogP) is 24.0. The van der Waals surface area contributed by atoms with Gasteiger partial charge in [0, 0.05) is 25.7 Å². The molecule has 0 bridgehead atoms. The summed E-state index contributed by atoms with van der Waals surface area (Å²) < 4.78 is 68.6. The standard InChI is InChI=1S/C87H144O17P2/c1-5-9-13-17-21-25-29-32-35-38-40-43-45-48-52-55-59-63-67-71-84(89)97-77-82(103-86(91)73-69-65-61-57-51-28-24-20-16-12-8-4)79-101-105(93,94)99-75-81(88)76-100-106(95,96)102-80-83(104-87(92)74-70-66-62-58-54-50-47-42-37-34-31-27-23-19-15-11-7-3)78-98-85(90)72-68-64-60-56-53-49-46-44-41-39-36-33-30-26-22-18-14-10-6-2/h9-11,13-15,21-23,25-27,32-37,40-41,43-44,47-48,50,52,81-83,88H,5-8,12,16-20,24,28-31,38-39,42,45-46,49,51,53-80H2,1-4H3,(H,93,94)(H,95,96)/b13-9-,14-10-,15-11-,25-21-,26-22-,27-23-,35-32-,36-33-,37-34-,43-40-,44-41-,50-47-,52-48-. The van der Waals surface area contributed by atoms with Crippen LogP contribution in [0.25, 0.3) is 0 Å². The van der Waals surface area contributed by atoms with Crippen LogP contribution >= 0.6 is 15.6 Å². The number of aliphatic hydroxyl groups excluding tert-OH is 1. The van der Waals surface area contributed by atoms with E-state index in [4.69, 9.17) is 37.0 Å². The third-order valence-corrected chi connectivity index (χ3v) is 18.4. The monoisotopic (exact) mass is 1520 g/mol. The Balaban J connectivity index is 5.40. The van der Waals surface area contributed by atoms with Crippen LogP contribution in [0, 0.1) is 0 Å². The summed E-state index contributed by atoms with van der Waals surface area (Å²) in [7, 11) is -9.99. The molecule has 0 amide bonds. The van der Waals surface area contributed by atoms with Gasteiger partial charge in [0.15, 0.2) is 12.2 Å². The Morgan fingerprint density at radius 1 is 0.274 bits per heavy atom. The van der Waals surface area contributed by atoms with Crippen LogP contribution in [0.5, 0.6) is 0 Å². The van der Waals surface area contributed by atoms with Crippen molar-refractivity contribution in [2.24, 2.45) is 0 Å². The molecule has 0 spiro atoms. The Morgan fingerprint density at radius 3 is 0.764 bits per heavy atom. The molecule has 3 N–H and O–H groups in total. The summed E-state index contributed by atoms with van der Waals surface area (Å²) in [4.78, 5) is 73.1. The van der Waals surface area contributed by atoms with Gasteiger partial charge in [-0.1, -0.05) is 295 Å². The third-order valence-electron chi connectivity index (χ3n) is 16.5. The Bertz CT molecular complexity index is 2630. The van der Waals surface area contributed by atoms with Gasteiger partial charge in [-0.05, 0) is 148 Å². The fourth-order valence-corrected chi connectivity index (χ4v) is 12.0. The highest BCUT2D eigenvalue weighted by Gasteiger charge is 2.30. The van der Waals surface area contributed by atoms with Gasteiger partial charge in [-0.25, -0.2) is 9.13 Å². The van der Waals surface area contributed by atoms with Crippen molar-refractivity contribution < 1.29 is 80.2 Å². The molecule has 0 aromatic rings. The minimum absolute atomic E-state index is 0.0583. The Kier molecular flexibility index (Phi) is 73.9. The Hall–Kier alpha value is -5.32. The minimum Gasteiger partial charge on any atom is -0.462 e. The number of hydrogen-bond acceptors (Lipinski definition) is 15. The van der Waals surface area contributed by atoms with E-state index in [1.54, 1.807) is 0 Å². The van der Waals surface area contributed by atoms with Crippen molar-refractivity contribution in [2.45, 2.75) is 329 Å². The van der Waals surface area contributed by atoms with Crippen LogP contribution in [-0.4, -0.2) is 96.7 Å². The van der Waals surface area contributed by atoms with Crippen molar-refractivity contribution in [3.8, 4) is 0 Å². The van der Waals surface area contributed by atoms with Crippen LogP contribution < -0.4 is 0 Å². The van der Waals surface area contributed by atoms with E-state index in [0.29, 0.717) is 25.7 Å². The molecule has 19 heteroatoms. The second kappa shape index (κ2) is 77.8. The lowest BCUT2D eigenvalue weighted by Crippen LogP contribution is -2.30. The van der Waals surface area contributed by atoms with Gasteiger partial charge in [0.1, 0.15) is 19.3 Å². The van der Waals surface area contributed by atoms with Crippen molar-refractivity contribution in [3.63, 3.8) is 0 Å². The quantitative estimate of drug-likeness (QED) is 0.0169. The second-order valence-corrected chi connectivity index (χ2v) is 29.5. The SMILES string of the molecule is CC/C=C\C/C=C\C/C=C\C/C=C\C/C=C\CCCCCC(=O)OCC(COP(=O)(O)OCC(O)COP(=O)(O)OCC(COC(=O)CCCCCCCC/C=C\C/C=C\C/C=C\C/C=C\CC)OC(=O)CCCCCC/C=C\C/C=C\C/C=C\C/C=C\CC)OC(=O)CCCCCCCCCCCCC. The molecule has 0 aliphatic carbocycles. The first kappa shape index (κ1) is 101. The average molecular weight is 1520 g/mol. The maximum atomic E-state index is 13.1. The summed E-state index contributed by atoms with van der Waals surface area (Å²) in [6, 6.07) is 0. The molecule has 0 aromatic carbocycles. The summed E-state index contributed by atoms with van der Waals surface area (Å²) in [5.41, 5.74) is 0. The van der Waals surface area contributed by atoms with Crippen molar-refractivity contribution in [1.82, 2.24) is 0 Å². The van der Waals surface area contributed by atoms with Crippen molar-refractivity contribution in [2.75, 3.05) is 39.6 Å². The van der Waals surface area contributed by atoms with Crippen LogP contribution in [0.15, 0.2) is 158 Å². The van der Waals surface area contributed by atoms with E-state index >= 15 is 0 Å². The number of phosphoric ester groups is 2. The number of carbonyl (C=O) groups is 4. The molecular formula is C87H144O17P2. The van der Waals surface area contributed by atoms with Crippen LogP contribution in [0.2, 0.25) is 0 Å². The fourth-order valence-electron chi connectivity index (χ4n) is 10.4. The highest BCUT2D eigenvalue weighted by Crippen LogP contribution is 2.45. The second-order valence-electron chi connectivity index (χ2n) is 26.6. The highest BCUT2D eigenvalue weighted by atomic mass is 31.2. The topological polar surface area (TPSA) is 237 Å². The first-order chi connectivity index (χ1) is 51.7. The van der Waals surface area contributed by atoms with Gasteiger partial charge in [0.05, 0.1) is 26.4 Å². The summed E-state index contributed by atoms with van der Waals surface area (Å²) in [5, 5.41) is 10.6. The molecule has 5 atom stereocenters. The normalized spacial score (nSPS) is 14.7. The number of hydrogen-bond donors (Lipinski definition) is 3. The smallest absolute Gasteiger partial charge is 0.462 e. The van der Waals surface area contributed by atoms with Gasteiger partial charge >= 0.3 is 39.5 Å². The largest absolute Gasteiger partial charge is 0.472 e. The first-order valence-electron chi connectivity index (χ1n) is 40.7. The Labute approximate surface area is 642 Å². The van der Waals surface area contributed by atoms with E-state index in [2.05, 4.69) is 186 Å². The molecule has 0 saturated carbocycles. The number of rotatable bonds is 75. The van der Waals surface area contributed by atoms with E-state index in [1.165, 1.54) is 38.5 Å². The number of phosphoric acid groups is 2. The zero-order valence-corrected chi connectivity index (χ0v) is 67.8. The van der Waals surface area contributed by atoms with Gasteiger partial charge in [0.2, 0.25) is 0 Å². The third kappa shape index (κ3) is 76.9. The van der Waals surface area contributed by atoms with Crippen LogP contribution in [0.3, 0.4) is 0 Å². The maximum absolute atomic E-state index is 13.1. The Morgan fingerprint density at radius 2 is 0.491 bits per heavy atom. The molecule has 0 radical (unpaired) electrons. The number of allylic oxidation sites excluding steroid dienone is 26. The van der Waals surface area contributed by atoms with Gasteiger partial charge < -0.3 is 33.8 Å². The molecule has 0 aromatic heterocycles. The fraction of sp³-hybridized carbons (Fsp3) is 0.655. The summed E-state index contributed by atoms with van der Waals surface area (Å²) >= 11 is 0. The average Bonchev–Trinajstić information content (AvgIpc) is 0.901. The number of ether oxygens (including phenoxy) is 4. The summed E-state index contributed by atoms with van der Waals surface area (Å²) in [6.45, 7) is 4.45. The van der Waals surface area contributed by atoms with Crippen molar-refractivity contribution >= 4 is 39.5 Å². The lowest BCUT2D eigenvalue weighted by atomic mass is 10.1. The van der Waals surface area contributed by atoms with Crippen LogP contribution in [0.1, 0.15) is 310 Å². The molecule has 0 aliphatic heterocycles. The molecule has 5 unspecified atom stereocenters. The van der Waals surface area contributed by atoms with Crippen LogP contribution in [-0.2, 0) is 65.4 Å². The molecule has 0 aliphatic rings. The zero-order chi connectivity index (χ0) is 77.4. The molecule has 0 rings (SSSR count). The van der Waals surface area contributed by atoms with E-state index < -0.39 is 97.5 Å². The number of carbonyl (C=O) groups excluding carboxylic acids is 4. The van der Waals surface area contributed by atoms with Crippen LogP contribution in [0.4, 0.5) is 0 Å². The predicted molar refractivity (Wildman–Crippen MR) is 436 cm³/mol. The highest BCUT2D eigenvalue weighted by molar-refractivity contribution is 7.47. The van der Waals surface area contributed by atoms with E-state index in [1.807, 2.05) is 0 Å². The van der Waals surface area contributed by atoms with E-state index in [9.17, 15) is 43.2 Å². The number of aliphatic hydroxyl groups is 1. The first-order valence-corrected chi connectivity index (χ1v) is 43.7. The summed E-state index contributed by atoms with van der Waals surface area (Å²) in [6.07, 6.45) is 90.7. The zero-order valence-electron chi connectivity index (χ0n) is 66.1. The van der Waals surface area contributed by atoms with Gasteiger partial charge in [-0.15, -0.1) is 0 Å². The molecule has 0 heterocycles. The summed E-state index contributed by atoms with van der Waals surface area (Å²) in [5.74, 6) is -2.26. The molecule has 604 valence electrons. The van der Waals surface area contributed by atoms with Gasteiger partial charge in [0.25, 0.3) is 0 Å². The lowest BCUT2D eigenvalue weighted by Gasteiger charge is -2.21. The molecule has 17 nitrogen and oxygen atoms in total. The maximum Gasteiger partial charge on any atom is 0.472 e. The molecule has 0 saturated heterocycles. The van der Waals surface area contributed by atoms with Gasteiger partial charge in [-0.3, -0.25) is 37.3 Å². The van der Waals surface area contributed by atoms with Crippen molar-refractivity contribution in [3.05, 3.63) is 158 Å². The van der Waals surface area contributed by atoms with Gasteiger partial charge in [-0.2, -0.15) is 0 Å².